The summed E-state index contributed by atoms with van der Waals surface area (Å²) in [5.41, 5.74) is 1.24. The van der Waals surface area contributed by atoms with E-state index in [-0.39, 0.29) is 0 Å². The van der Waals surface area contributed by atoms with Crippen molar-refractivity contribution in [3.63, 3.8) is 0 Å². The predicted molar refractivity (Wildman–Crippen MR) is 99.1 cm³/mol. The maximum absolute atomic E-state index is 5.95. The van der Waals surface area contributed by atoms with Crippen molar-refractivity contribution >= 4 is 17.6 Å². The Morgan fingerprint density at radius 2 is 2.09 bits per heavy atom. The molecule has 128 valence electrons. The molecule has 2 rings (SSSR count). The lowest BCUT2D eigenvalue weighted by Gasteiger charge is -2.23. The smallest absolute Gasteiger partial charge is 0.193 e. The number of nitrogens with one attached hydrogen (secondary N) is 1. The quantitative estimate of drug-likeness (QED) is 0.639. The van der Waals surface area contributed by atoms with Gasteiger partial charge in [0.15, 0.2) is 5.96 Å². The zero-order chi connectivity index (χ0) is 16.7. The molecule has 0 radical (unpaired) electrons. The molecule has 0 aromatic heterocycles. The summed E-state index contributed by atoms with van der Waals surface area (Å²) >= 11 is 5.95. The molecule has 1 aromatic rings. The van der Waals surface area contributed by atoms with Gasteiger partial charge in [-0.3, -0.25) is 4.99 Å². The van der Waals surface area contributed by atoms with Crippen molar-refractivity contribution in [1.82, 2.24) is 15.1 Å². The molecule has 1 saturated heterocycles. The van der Waals surface area contributed by atoms with Crippen LogP contribution < -0.4 is 5.32 Å². The van der Waals surface area contributed by atoms with Crippen LogP contribution in [-0.2, 0) is 6.54 Å². The van der Waals surface area contributed by atoms with Crippen LogP contribution >= 0.6 is 11.6 Å². The maximum Gasteiger partial charge on any atom is 0.193 e. The standard InChI is InChI=1S/C18H29ClN4/c1-4-20-18(21-12-16-10-11-23(5-2)14-16)22(3)13-15-6-8-17(19)9-7-15/h6-9,16H,4-5,10-14H2,1-3H3,(H,20,21). The number of halogens is 1. The Morgan fingerprint density at radius 1 is 1.35 bits per heavy atom. The SMILES string of the molecule is CCNC(=NCC1CCN(CC)C1)N(C)Cc1ccc(Cl)cc1. The second-order valence-electron chi connectivity index (χ2n) is 6.23. The van der Waals surface area contributed by atoms with Gasteiger partial charge in [-0.25, -0.2) is 0 Å². The van der Waals surface area contributed by atoms with Crippen LogP contribution in [0.1, 0.15) is 25.8 Å². The van der Waals surface area contributed by atoms with Gasteiger partial charge in [-0.1, -0.05) is 30.7 Å². The first-order valence-corrected chi connectivity index (χ1v) is 8.96. The lowest BCUT2D eigenvalue weighted by atomic mass is 10.1. The molecule has 1 unspecified atom stereocenters. The van der Waals surface area contributed by atoms with Crippen molar-refractivity contribution in [3.05, 3.63) is 34.9 Å². The molecule has 1 fully saturated rings. The number of hydrogen-bond donors (Lipinski definition) is 1. The molecule has 23 heavy (non-hydrogen) atoms. The summed E-state index contributed by atoms with van der Waals surface area (Å²) in [5, 5.41) is 4.18. The maximum atomic E-state index is 5.95. The highest BCUT2D eigenvalue weighted by Gasteiger charge is 2.21. The third-order valence-corrected chi connectivity index (χ3v) is 4.60. The molecular formula is C18H29ClN4. The average molecular weight is 337 g/mol. The van der Waals surface area contributed by atoms with Crippen LogP contribution in [0.2, 0.25) is 5.02 Å². The predicted octanol–water partition coefficient (Wildman–Crippen LogP) is 3.08. The summed E-state index contributed by atoms with van der Waals surface area (Å²) in [6.07, 6.45) is 1.26. The van der Waals surface area contributed by atoms with E-state index in [1.54, 1.807) is 0 Å². The highest BCUT2D eigenvalue weighted by atomic mass is 35.5. The molecule has 1 heterocycles. The fourth-order valence-electron chi connectivity index (χ4n) is 2.97. The van der Waals surface area contributed by atoms with Gasteiger partial charge in [-0.2, -0.15) is 0 Å². The van der Waals surface area contributed by atoms with Crippen molar-refractivity contribution in [3.8, 4) is 0 Å². The third-order valence-electron chi connectivity index (χ3n) is 4.35. The molecule has 1 aliphatic heterocycles. The van der Waals surface area contributed by atoms with Crippen molar-refractivity contribution in [2.24, 2.45) is 10.9 Å². The van der Waals surface area contributed by atoms with E-state index in [2.05, 4.69) is 48.1 Å². The summed E-state index contributed by atoms with van der Waals surface area (Å²) in [4.78, 5) is 9.54. The van der Waals surface area contributed by atoms with E-state index in [1.165, 1.54) is 25.1 Å². The molecule has 1 atom stereocenters. The lowest BCUT2D eigenvalue weighted by molar-refractivity contribution is 0.343. The monoisotopic (exact) mass is 336 g/mol. The fourth-order valence-corrected chi connectivity index (χ4v) is 3.10. The summed E-state index contributed by atoms with van der Waals surface area (Å²) < 4.78 is 0. The molecular weight excluding hydrogens is 308 g/mol. The van der Waals surface area contributed by atoms with Crippen molar-refractivity contribution in [2.75, 3.05) is 39.8 Å². The Morgan fingerprint density at radius 3 is 2.70 bits per heavy atom. The first-order valence-electron chi connectivity index (χ1n) is 8.58. The summed E-state index contributed by atoms with van der Waals surface area (Å²) in [5.74, 6) is 1.67. The highest BCUT2D eigenvalue weighted by molar-refractivity contribution is 6.30. The van der Waals surface area contributed by atoms with E-state index in [1.807, 2.05) is 12.1 Å². The minimum atomic E-state index is 0.688. The molecule has 4 nitrogen and oxygen atoms in total. The van der Waals surface area contributed by atoms with Crippen molar-refractivity contribution < 1.29 is 0 Å². The average Bonchev–Trinajstić information content (AvgIpc) is 3.01. The summed E-state index contributed by atoms with van der Waals surface area (Å²) in [6, 6.07) is 8.01. The second-order valence-corrected chi connectivity index (χ2v) is 6.66. The van der Waals surface area contributed by atoms with Gasteiger partial charge >= 0.3 is 0 Å². The van der Waals surface area contributed by atoms with E-state index in [9.17, 15) is 0 Å². The lowest BCUT2D eigenvalue weighted by Crippen LogP contribution is -2.39. The number of rotatable bonds is 6. The van der Waals surface area contributed by atoms with Crippen molar-refractivity contribution in [1.29, 1.82) is 0 Å². The zero-order valence-electron chi connectivity index (χ0n) is 14.6. The van der Waals surface area contributed by atoms with E-state index >= 15 is 0 Å². The largest absolute Gasteiger partial charge is 0.357 e. The molecule has 5 heteroatoms. The Hall–Kier alpha value is -1.26. The topological polar surface area (TPSA) is 30.9 Å². The highest BCUT2D eigenvalue weighted by Crippen LogP contribution is 2.16. The number of aliphatic imine (C=N–C) groups is 1. The Bertz CT molecular complexity index is 500. The molecule has 1 aromatic carbocycles. The second kappa shape index (κ2) is 9.14. The Labute approximate surface area is 145 Å². The van der Waals surface area contributed by atoms with E-state index < -0.39 is 0 Å². The molecule has 0 bridgehead atoms. The molecule has 0 amide bonds. The molecule has 0 aliphatic carbocycles. The summed E-state index contributed by atoms with van der Waals surface area (Å²) in [6.45, 7) is 10.5. The van der Waals surface area contributed by atoms with Crippen LogP contribution in [0.4, 0.5) is 0 Å². The van der Waals surface area contributed by atoms with Crippen LogP contribution in [0.25, 0.3) is 0 Å². The first-order chi connectivity index (χ1) is 11.1. The normalized spacial score (nSPS) is 19.1. The van der Waals surface area contributed by atoms with Gasteiger partial charge in [0.25, 0.3) is 0 Å². The fraction of sp³-hybridized carbons (Fsp3) is 0.611. The zero-order valence-corrected chi connectivity index (χ0v) is 15.3. The first kappa shape index (κ1) is 18.1. The summed E-state index contributed by atoms with van der Waals surface area (Å²) in [7, 11) is 2.09. The van der Waals surface area contributed by atoms with Crippen molar-refractivity contribution in [2.45, 2.75) is 26.8 Å². The number of hydrogen-bond acceptors (Lipinski definition) is 2. The van der Waals surface area contributed by atoms with Crippen LogP contribution in [0, 0.1) is 5.92 Å². The Balaban J connectivity index is 1.93. The van der Waals surface area contributed by atoms with Gasteiger partial charge in [-0.05, 0) is 50.0 Å². The van der Waals surface area contributed by atoms with Gasteiger partial charge in [0.1, 0.15) is 0 Å². The van der Waals surface area contributed by atoms with Crippen LogP contribution in [-0.4, -0.2) is 55.5 Å². The minimum absolute atomic E-state index is 0.688. The van der Waals surface area contributed by atoms with Crippen LogP contribution in [0.15, 0.2) is 29.3 Å². The minimum Gasteiger partial charge on any atom is -0.357 e. The van der Waals surface area contributed by atoms with Gasteiger partial charge in [0.2, 0.25) is 0 Å². The Kier molecular flexibility index (Phi) is 7.18. The van der Waals surface area contributed by atoms with Gasteiger partial charge in [0.05, 0.1) is 0 Å². The molecule has 0 saturated carbocycles. The van der Waals surface area contributed by atoms with Crippen LogP contribution in [0.3, 0.4) is 0 Å². The number of nitrogens with zero attached hydrogens (tertiary/aromatic N) is 3. The molecule has 1 aliphatic rings. The number of benzene rings is 1. The number of likely N-dealkylation sites (tertiary alicyclic amines) is 1. The molecule has 0 spiro atoms. The van der Waals surface area contributed by atoms with E-state index in [4.69, 9.17) is 16.6 Å². The van der Waals surface area contributed by atoms with E-state index in [0.717, 1.165) is 37.2 Å². The third kappa shape index (κ3) is 5.70. The van der Waals surface area contributed by atoms with E-state index in [0.29, 0.717) is 5.92 Å². The van der Waals surface area contributed by atoms with Gasteiger partial charge < -0.3 is 15.1 Å². The molecule has 1 N–H and O–H groups in total. The van der Waals surface area contributed by atoms with Crippen LogP contribution in [0.5, 0.6) is 0 Å². The van der Waals surface area contributed by atoms with Gasteiger partial charge in [0, 0.05) is 38.2 Å². The number of guanidine groups is 1. The van der Waals surface area contributed by atoms with Gasteiger partial charge in [-0.15, -0.1) is 0 Å².